The van der Waals surface area contributed by atoms with Crippen molar-refractivity contribution in [2.45, 2.75) is 32.1 Å². The Morgan fingerprint density at radius 3 is 3.00 bits per heavy atom. The van der Waals surface area contributed by atoms with Gasteiger partial charge in [0.15, 0.2) is 0 Å². The van der Waals surface area contributed by atoms with Crippen LogP contribution in [0.5, 0.6) is 0 Å². The van der Waals surface area contributed by atoms with Gasteiger partial charge >= 0.3 is 0 Å². The topological polar surface area (TPSA) is 55.7 Å². The van der Waals surface area contributed by atoms with Gasteiger partial charge in [-0.3, -0.25) is 0 Å². The highest BCUT2D eigenvalue weighted by Gasteiger charge is 2.13. The molecule has 1 aliphatic heterocycles. The van der Waals surface area contributed by atoms with Crippen molar-refractivity contribution in [2.24, 2.45) is 10.8 Å². The number of hydrogen-bond donors (Lipinski definition) is 1. The molecule has 2 atom stereocenters. The number of rotatable bonds is 5. The summed E-state index contributed by atoms with van der Waals surface area (Å²) in [5.41, 5.74) is 0. The van der Waals surface area contributed by atoms with Crippen LogP contribution >= 0.6 is 19.7 Å². The lowest BCUT2D eigenvalue weighted by atomic mass is 9.99. The Balaban J connectivity index is 1.97. The molecule has 3 nitrogen and oxygen atoms in total. The third kappa shape index (κ3) is 5.30. The molecule has 2 unspecified atom stereocenters. The molecule has 5 heteroatoms. The van der Waals surface area contributed by atoms with Crippen molar-refractivity contribution in [1.29, 1.82) is 0 Å². The summed E-state index contributed by atoms with van der Waals surface area (Å²) >= 11 is 2.06. The number of unbranched alkanes of at least 4 members (excludes halogenated alkanes) is 1. The minimum atomic E-state index is -1.68. The van der Waals surface area contributed by atoms with Gasteiger partial charge in [-0.25, -0.2) is 5.21 Å². The van der Waals surface area contributed by atoms with E-state index in [2.05, 4.69) is 16.7 Å². The van der Waals surface area contributed by atoms with Crippen molar-refractivity contribution in [3.8, 4) is 0 Å². The Labute approximate surface area is 90.8 Å². The normalized spacial score (nSPS) is 23.9. The zero-order chi connectivity index (χ0) is 10.2. The highest BCUT2D eigenvalue weighted by Crippen LogP contribution is 2.27. The Hall–Kier alpha value is 0.370. The first-order valence-electron chi connectivity index (χ1n) is 5.20. The van der Waals surface area contributed by atoms with Gasteiger partial charge in [-0.1, -0.05) is 0 Å². The van der Waals surface area contributed by atoms with E-state index in [0.29, 0.717) is 6.16 Å². The minimum absolute atomic E-state index is 0.547. The molecule has 1 aliphatic rings. The summed E-state index contributed by atoms with van der Waals surface area (Å²) in [7, 11) is -1.68. The number of nitrogens with zero attached hydrogens (tertiary/aromatic N) is 1. The average molecular weight is 235 g/mol. The van der Waals surface area contributed by atoms with Crippen LogP contribution in [-0.4, -0.2) is 22.9 Å². The predicted octanol–water partition coefficient (Wildman–Crippen LogP) is 2.63. The fourth-order valence-corrected chi connectivity index (χ4v) is 3.55. The van der Waals surface area contributed by atoms with Crippen LogP contribution in [0.25, 0.3) is 0 Å². The summed E-state index contributed by atoms with van der Waals surface area (Å²) in [6.45, 7) is 0. The van der Waals surface area contributed by atoms with Crippen LogP contribution < -0.4 is 4.89 Å². The lowest BCUT2D eigenvalue weighted by molar-refractivity contribution is -0.157. The molecular formula is C9H18NO2PS. The summed E-state index contributed by atoms with van der Waals surface area (Å²) in [6, 6.07) is 0. The van der Waals surface area contributed by atoms with Crippen LogP contribution in [0.3, 0.4) is 0 Å². The molecular weight excluding hydrogens is 217 g/mol. The van der Waals surface area contributed by atoms with E-state index in [-0.39, 0.29) is 0 Å². The molecule has 1 fully saturated rings. The highest BCUT2D eigenvalue weighted by molar-refractivity contribution is 7.99. The van der Waals surface area contributed by atoms with E-state index in [1.807, 2.05) is 0 Å². The smallest absolute Gasteiger partial charge is 0.201 e. The monoisotopic (exact) mass is 235 g/mol. The molecule has 0 amide bonds. The first-order valence-corrected chi connectivity index (χ1v) is 7.75. The molecule has 14 heavy (non-hydrogen) atoms. The predicted molar refractivity (Wildman–Crippen MR) is 59.9 cm³/mol. The van der Waals surface area contributed by atoms with Crippen LogP contribution in [-0.2, 0) is 0 Å². The van der Waals surface area contributed by atoms with Gasteiger partial charge < -0.3 is 4.89 Å². The molecule has 0 aromatic carbocycles. The lowest BCUT2D eigenvalue weighted by Gasteiger charge is -2.20. The third-order valence-electron chi connectivity index (χ3n) is 2.57. The maximum absolute atomic E-state index is 10.8. The molecule has 1 heterocycles. The van der Waals surface area contributed by atoms with Gasteiger partial charge in [0.25, 0.3) is 0 Å². The first kappa shape index (κ1) is 12.4. The van der Waals surface area contributed by atoms with Gasteiger partial charge in [-0.15, -0.1) is 0 Å². The Bertz CT molecular complexity index is 184. The van der Waals surface area contributed by atoms with Crippen LogP contribution in [0.15, 0.2) is 4.91 Å². The van der Waals surface area contributed by atoms with Crippen molar-refractivity contribution < 1.29 is 10.1 Å². The van der Waals surface area contributed by atoms with Crippen molar-refractivity contribution in [2.75, 3.05) is 17.7 Å². The van der Waals surface area contributed by atoms with E-state index in [9.17, 15) is 4.89 Å². The van der Waals surface area contributed by atoms with E-state index in [1.54, 1.807) is 0 Å². The second-order valence-corrected chi connectivity index (χ2v) is 6.22. The summed E-state index contributed by atoms with van der Waals surface area (Å²) in [5.74, 6) is 3.50. The molecule has 0 radical (unpaired) electrons. The van der Waals surface area contributed by atoms with Crippen molar-refractivity contribution >= 4 is 19.7 Å². The summed E-state index contributed by atoms with van der Waals surface area (Å²) < 4.78 is 0. The molecule has 0 spiro atoms. The molecule has 1 N–H and O–H groups in total. The van der Waals surface area contributed by atoms with Gasteiger partial charge in [0.05, 0.1) is 0 Å². The fourth-order valence-electron chi connectivity index (χ4n) is 1.76. The molecule has 0 bridgehead atoms. The maximum Gasteiger partial charge on any atom is 0.201 e. The zero-order valence-electron chi connectivity index (χ0n) is 8.39. The number of thioether (sulfide) groups is 1. The second kappa shape index (κ2) is 7.63. The van der Waals surface area contributed by atoms with Crippen LogP contribution in [0, 0.1) is 5.92 Å². The zero-order valence-corrected chi connectivity index (χ0v) is 10.1. The van der Waals surface area contributed by atoms with Gasteiger partial charge in [0.2, 0.25) is 7.94 Å². The van der Waals surface area contributed by atoms with Gasteiger partial charge in [0, 0.05) is 4.91 Å². The van der Waals surface area contributed by atoms with Crippen LogP contribution in [0.2, 0.25) is 0 Å². The quantitative estimate of drug-likeness (QED) is 0.453. The summed E-state index contributed by atoms with van der Waals surface area (Å²) in [5, 5.41) is 8.22. The SMILES string of the molecule is [O-][P+](CCCCC1CCCSC1)=NO. The molecule has 1 rings (SSSR count). The first-order chi connectivity index (χ1) is 6.83. The van der Waals surface area contributed by atoms with E-state index in [0.717, 1.165) is 18.8 Å². The van der Waals surface area contributed by atoms with E-state index in [1.165, 1.54) is 30.8 Å². The maximum atomic E-state index is 10.8. The molecule has 82 valence electrons. The molecule has 0 aromatic heterocycles. The van der Waals surface area contributed by atoms with Crippen molar-refractivity contribution in [1.82, 2.24) is 0 Å². The second-order valence-electron chi connectivity index (χ2n) is 3.74. The standard InChI is InChI=1S/C9H18NO2PS/c11-10-13(12)6-2-1-4-9-5-3-7-14-8-9/h9,11H,1-8H2. The molecule has 0 aromatic rings. The highest BCUT2D eigenvalue weighted by atomic mass is 32.2. The Morgan fingerprint density at radius 1 is 1.50 bits per heavy atom. The Kier molecular flexibility index (Phi) is 6.78. The lowest BCUT2D eigenvalue weighted by Crippen LogP contribution is -2.10. The van der Waals surface area contributed by atoms with Crippen molar-refractivity contribution in [3.05, 3.63) is 0 Å². The summed E-state index contributed by atoms with van der Waals surface area (Å²) in [4.78, 5) is 13.6. The van der Waals surface area contributed by atoms with Gasteiger partial charge in [0.1, 0.15) is 6.16 Å². The molecule has 1 saturated heterocycles. The van der Waals surface area contributed by atoms with E-state index < -0.39 is 7.94 Å². The largest absolute Gasteiger partial charge is 0.610 e. The minimum Gasteiger partial charge on any atom is -0.610 e. The third-order valence-corrected chi connectivity index (χ3v) is 4.75. The van der Waals surface area contributed by atoms with E-state index in [4.69, 9.17) is 5.21 Å². The van der Waals surface area contributed by atoms with Crippen LogP contribution in [0.4, 0.5) is 0 Å². The van der Waals surface area contributed by atoms with Crippen LogP contribution in [0.1, 0.15) is 32.1 Å². The molecule has 0 saturated carbocycles. The van der Waals surface area contributed by atoms with Gasteiger partial charge in [-0.05, 0) is 49.5 Å². The summed E-state index contributed by atoms with van der Waals surface area (Å²) in [6.07, 6.45) is 6.58. The fraction of sp³-hybridized carbons (Fsp3) is 1.00. The average Bonchev–Trinajstić information content (AvgIpc) is 2.25. The Morgan fingerprint density at radius 2 is 2.36 bits per heavy atom. The van der Waals surface area contributed by atoms with E-state index >= 15 is 0 Å². The molecule has 0 aliphatic carbocycles. The number of hydrogen-bond acceptors (Lipinski definition) is 3. The van der Waals surface area contributed by atoms with Gasteiger partial charge in [-0.2, -0.15) is 11.8 Å². The van der Waals surface area contributed by atoms with Crippen molar-refractivity contribution in [3.63, 3.8) is 0 Å².